The molecule has 25 heavy (non-hydrogen) atoms. The molecule has 0 saturated carbocycles. The van der Waals surface area contributed by atoms with Crippen LogP contribution in [0.3, 0.4) is 0 Å². The largest absolute Gasteiger partial charge is 0.312 e. The van der Waals surface area contributed by atoms with Crippen LogP contribution in [-0.4, -0.2) is 18.7 Å². The minimum Gasteiger partial charge on any atom is -0.312 e. The molecule has 3 rings (SSSR count). The molecule has 0 aliphatic carbocycles. The number of aryl methyl sites for hydroxylation is 1. The molecule has 3 nitrogen and oxygen atoms in total. The molecule has 130 valence electrons. The van der Waals surface area contributed by atoms with Crippen molar-refractivity contribution in [2.45, 2.75) is 39.5 Å². The fraction of sp³-hybridized carbons (Fsp3) is 0.333. The number of benzene rings is 2. The van der Waals surface area contributed by atoms with Gasteiger partial charge in [-0.3, -0.25) is 9.59 Å². The van der Waals surface area contributed by atoms with Crippen molar-refractivity contribution in [2.24, 2.45) is 0 Å². The van der Waals surface area contributed by atoms with Crippen LogP contribution >= 0.6 is 11.6 Å². The van der Waals surface area contributed by atoms with Gasteiger partial charge in [0.2, 0.25) is 5.91 Å². The Morgan fingerprint density at radius 1 is 1.20 bits per heavy atom. The molecule has 2 aromatic carbocycles. The lowest BCUT2D eigenvalue weighted by Gasteiger charge is -2.39. The highest BCUT2D eigenvalue weighted by molar-refractivity contribution is 6.33. The predicted molar refractivity (Wildman–Crippen MR) is 103 cm³/mol. The van der Waals surface area contributed by atoms with E-state index in [-0.39, 0.29) is 11.3 Å². The van der Waals surface area contributed by atoms with Crippen LogP contribution in [0.15, 0.2) is 30.3 Å². The van der Waals surface area contributed by atoms with E-state index in [1.54, 1.807) is 18.2 Å². The van der Waals surface area contributed by atoms with Gasteiger partial charge in [-0.25, -0.2) is 0 Å². The minimum atomic E-state index is -0.199. The van der Waals surface area contributed by atoms with E-state index in [1.807, 2.05) is 24.8 Å². The van der Waals surface area contributed by atoms with E-state index in [0.717, 1.165) is 28.7 Å². The highest BCUT2D eigenvalue weighted by atomic mass is 35.5. The quantitative estimate of drug-likeness (QED) is 0.713. The topological polar surface area (TPSA) is 37.4 Å². The number of halogens is 1. The lowest BCUT2D eigenvalue weighted by molar-refractivity contribution is -0.120. The van der Waals surface area contributed by atoms with Crippen molar-refractivity contribution in [3.05, 3.63) is 52.0 Å². The third kappa shape index (κ3) is 2.98. The Bertz CT molecular complexity index is 870. The molecule has 0 bridgehead atoms. The van der Waals surface area contributed by atoms with Gasteiger partial charge >= 0.3 is 0 Å². The van der Waals surface area contributed by atoms with Crippen molar-refractivity contribution in [1.82, 2.24) is 0 Å². The standard InChI is InChI=1S/C21H22ClNO2/c1-5-23-19-10-15(16-9-14(12-24)6-7-18(16)22)13(2)8-17(19)21(3,4)11-20(23)25/h6-10,12H,5,11H2,1-4H3. The average molecular weight is 356 g/mol. The Kier molecular flexibility index (Phi) is 4.46. The monoisotopic (exact) mass is 355 g/mol. The van der Waals surface area contributed by atoms with Gasteiger partial charge in [-0.1, -0.05) is 37.6 Å². The van der Waals surface area contributed by atoms with E-state index in [1.165, 1.54) is 5.56 Å². The number of aldehydes is 1. The van der Waals surface area contributed by atoms with Crippen molar-refractivity contribution in [1.29, 1.82) is 0 Å². The second kappa shape index (κ2) is 6.30. The average Bonchev–Trinajstić information content (AvgIpc) is 2.55. The van der Waals surface area contributed by atoms with E-state index >= 15 is 0 Å². The molecule has 4 heteroatoms. The summed E-state index contributed by atoms with van der Waals surface area (Å²) in [4.78, 5) is 25.5. The Balaban J connectivity index is 2.27. The first-order valence-electron chi connectivity index (χ1n) is 8.49. The molecule has 0 spiro atoms. The first kappa shape index (κ1) is 17.7. The molecule has 1 aliphatic heterocycles. The molecule has 0 N–H and O–H groups in total. The van der Waals surface area contributed by atoms with Crippen LogP contribution in [0, 0.1) is 6.92 Å². The van der Waals surface area contributed by atoms with Crippen LogP contribution in [0.1, 0.15) is 48.7 Å². The summed E-state index contributed by atoms with van der Waals surface area (Å²) in [7, 11) is 0. The third-order valence-electron chi connectivity index (χ3n) is 4.99. The Morgan fingerprint density at radius 2 is 1.92 bits per heavy atom. The molecular formula is C21H22ClNO2. The van der Waals surface area contributed by atoms with Crippen LogP contribution in [0.4, 0.5) is 5.69 Å². The van der Waals surface area contributed by atoms with Gasteiger partial charge in [-0.15, -0.1) is 0 Å². The lowest BCUT2D eigenvalue weighted by atomic mass is 9.75. The zero-order chi connectivity index (χ0) is 18.4. The fourth-order valence-corrected chi connectivity index (χ4v) is 3.84. The number of carbonyl (C=O) groups is 2. The maximum absolute atomic E-state index is 12.6. The van der Waals surface area contributed by atoms with Gasteiger partial charge < -0.3 is 4.90 Å². The van der Waals surface area contributed by atoms with Crippen LogP contribution in [0.2, 0.25) is 5.02 Å². The molecule has 0 fully saturated rings. The predicted octanol–water partition coefficient (Wildman–Crippen LogP) is 5.16. The van der Waals surface area contributed by atoms with Gasteiger partial charge in [0, 0.05) is 40.2 Å². The summed E-state index contributed by atoms with van der Waals surface area (Å²) in [6, 6.07) is 9.45. The minimum absolute atomic E-state index is 0.141. The van der Waals surface area contributed by atoms with Gasteiger partial charge in [0.25, 0.3) is 0 Å². The number of hydrogen-bond acceptors (Lipinski definition) is 2. The lowest BCUT2D eigenvalue weighted by Crippen LogP contribution is -2.41. The molecule has 0 saturated heterocycles. The summed E-state index contributed by atoms with van der Waals surface area (Å²) >= 11 is 6.40. The summed E-state index contributed by atoms with van der Waals surface area (Å²) in [5, 5.41) is 0.595. The van der Waals surface area contributed by atoms with E-state index in [2.05, 4.69) is 19.9 Å². The van der Waals surface area contributed by atoms with E-state index in [9.17, 15) is 9.59 Å². The third-order valence-corrected chi connectivity index (χ3v) is 5.32. The zero-order valence-electron chi connectivity index (χ0n) is 15.0. The molecule has 1 heterocycles. The van der Waals surface area contributed by atoms with Crippen molar-refractivity contribution in [2.75, 3.05) is 11.4 Å². The maximum atomic E-state index is 12.6. The molecule has 2 aromatic rings. The molecule has 0 unspecified atom stereocenters. The first-order valence-corrected chi connectivity index (χ1v) is 8.87. The van der Waals surface area contributed by atoms with Crippen molar-refractivity contribution in [3.8, 4) is 11.1 Å². The first-order chi connectivity index (χ1) is 11.8. The van der Waals surface area contributed by atoms with Gasteiger partial charge in [-0.05, 0) is 48.7 Å². The van der Waals surface area contributed by atoms with Crippen molar-refractivity contribution in [3.63, 3.8) is 0 Å². The van der Waals surface area contributed by atoms with E-state index in [0.29, 0.717) is 23.6 Å². The second-order valence-electron chi connectivity index (χ2n) is 7.24. The number of nitrogens with zero attached hydrogens (tertiary/aromatic N) is 1. The second-order valence-corrected chi connectivity index (χ2v) is 7.65. The Hall–Kier alpha value is -2.13. The molecule has 1 amide bonds. The van der Waals surface area contributed by atoms with Crippen LogP contribution in [0.25, 0.3) is 11.1 Å². The highest BCUT2D eigenvalue weighted by Crippen LogP contribution is 2.44. The summed E-state index contributed by atoms with van der Waals surface area (Å²) in [5.74, 6) is 0.141. The molecule has 0 atom stereocenters. The van der Waals surface area contributed by atoms with Gasteiger partial charge in [0.1, 0.15) is 6.29 Å². The molecule has 0 aromatic heterocycles. The summed E-state index contributed by atoms with van der Waals surface area (Å²) in [5.41, 5.74) is 5.36. The van der Waals surface area contributed by atoms with E-state index in [4.69, 9.17) is 11.6 Å². The van der Waals surface area contributed by atoms with Crippen molar-refractivity contribution >= 4 is 29.5 Å². The highest BCUT2D eigenvalue weighted by Gasteiger charge is 2.36. The van der Waals surface area contributed by atoms with E-state index < -0.39 is 0 Å². The Morgan fingerprint density at radius 3 is 2.56 bits per heavy atom. The Labute approximate surface area is 153 Å². The summed E-state index contributed by atoms with van der Waals surface area (Å²) in [6.45, 7) is 8.88. The normalized spacial score (nSPS) is 15.9. The molecule has 1 aliphatic rings. The summed E-state index contributed by atoms with van der Waals surface area (Å²) in [6.07, 6.45) is 1.33. The zero-order valence-corrected chi connectivity index (χ0v) is 15.8. The number of hydrogen-bond donors (Lipinski definition) is 0. The number of rotatable bonds is 3. The van der Waals surface area contributed by atoms with Gasteiger partial charge in [-0.2, -0.15) is 0 Å². The van der Waals surface area contributed by atoms with Gasteiger partial charge in [0.05, 0.1) is 0 Å². The van der Waals surface area contributed by atoms with Crippen LogP contribution in [-0.2, 0) is 10.2 Å². The van der Waals surface area contributed by atoms with Gasteiger partial charge in [0.15, 0.2) is 0 Å². The maximum Gasteiger partial charge on any atom is 0.227 e. The smallest absolute Gasteiger partial charge is 0.227 e. The summed E-state index contributed by atoms with van der Waals surface area (Å²) < 4.78 is 0. The molecule has 0 radical (unpaired) electrons. The van der Waals surface area contributed by atoms with Crippen LogP contribution < -0.4 is 4.90 Å². The number of carbonyl (C=O) groups excluding carboxylic acids is 2. The van der Waals surface area contributed by atoms with Crippen molar-refractivity contribution < 1.29 is 9.59 Å². The number of fused-ring (bicyclic) bond motifs is 1. The number of anilines is 1. The number of amides is 1. The molecular weight excluding hydrogens is 334 g/mol. The fourth-order valence-electron chi connectivity index (χ4n) is 3.62. The SMILES string of the molecule is CCN1C(=O)CC(C)(C)c2cc(C)c(-c3cc(C=O)ccc3Cl)cc21. The van der Waals surface area contributed by atoms with Crippen LogP contribution in [0.5, 0.6) is 0 Å².